The van der Waals surface area contributed by atoms with Crippen molar-refractivity contribution in [2.24, 2.45) is 0 Å². The van der Waals surface area contributed by atoms with Crippen molar-refractivity contribution in [3.8, 4) is 0 Å². The first-order chi connectivity index (χ1) is 13.3. The van der Waals surface area contributed by atoms with Crippen molar-refractivity contribution in [3.05, 3.63) is 96.1 Å². The zero-order chi connectivity index (χ0) is 18.2. The standard InChI is InChI=1S/C24H16N2O/c27-23(19-11-5-8-16-7-1-2-10-18(16)19)15-17-9-6-14-22-24(17)26-21-13-4-3-12-20(21)25-22/h1-14H,15H2. The second-order valence-corrected chi connectivity index (χ2v) is 6.62. The Morgan fingerprint density at radius 2 is 1.33 bits per heavy atom. The van der Waals surface area contributed by atoms with E-state index in [2.05, 4.69) is 0 Å². The molecule has 0 saturated heterocycles. The SMILES string of the molecule is O=C(Cc1cccc2nc3ccccc3nc12)c1cccc2ccccc12. The average Bonchev–Trinajstić information content (AvgIpc) is 2.72. The molecule has 0 saturated carbocycles. The fraction of sp³-hybridized carbons (Fsp3) is 0.0417. The lowest BCUT2D eigenvalue weighted by atomic mass is 9.97. The van der Waals surface area contributed by atoms with Gasteiger partial charge in [0.1, 0.15) is 0 Å². The van der Waals surface area contributed by atoms with Gasteiger partial charge in [0.2, 0.25) is 0 Å². The van der Waals surface area contributed by atoms with Crippen molar-refractivity contribution in [2.45, 2.75) is 6.42 Å². The Bertz CT molecular complexity index is 1320. The van der Waals surface area contributed by atoms with Crippen LogP contribution in [-0.4, -0.2) is 15.8 Å². The number of Topliss-reactive ketones (excluding diaryl/α,β-unsaturated/α-hetero) is 1. The van der Waals surface area contributed by atoms with E-state index in [-0.39, 0.29) is 5.78 Å². The Morgan fingerprint density at radius 3 is 2.22 bits per heavy atom. The van der Waals surface area contributed by atoms with Crippen molar-refractivity contribution in [3.63, 3.8) is 0 Å². The van der Waals surface area contributed by atoms with Gasteiger partial charge in [0.25, 0.3) is 0 Å². The molecular weight excluding hydrogens is 332 g/mol. The number of aromatic nitrogens is 2. The minimum absolute atomic E-state index is 0.0919. The summed E-state index contributed by atoms with van der Waals surface area (Å²) in [5.74, 6) is 0.0919. The van der Waals surface area contributed by atoms with E-state index < -0.39 is 0 Å². The summed E-state index contributed by atoms with van der Waals surface area (Å²) < 4.78 is 0. The predicted molar refractivity (Wildman–Crippen MR) is 109 cm³/mol. The van der Waals surface area contributed by atoms with Gasteiger partial charge < -0.3 is 0 Å². The third-order valence-corrected chi connectivity index (χ3v) is 4.89. The van der Waals surface area contributed by atoms with Crippen molar-refractivity contribution in [1.82, 2.24) is 9.97 Å². The smallest absolute Gasteiger partial charge is 0.167 e. The van der Waals surface area contributed by atoms with Crippen molar-refractivity contribution >= 4 is 38.6 Å². The Balaban J connectivity index is 1.61. The van der Waals surface area contributed by atoms with Gasteiger partial charge in [-0.1, -0.05) is 66.7 Å². The molecule has 1 aromatic heterocycles. The molecule has 27 heavy (non-hydrogen) atoms. The number of fused-ring (bicyclic) bond motifs is 3. The van der Waals surface area contributed by atoms with Crippen LogP contribution in [0.25, 0.3) is 32.8 Å². The third kappa shape index (κ3) is 2.74. The van der Waals surface area contributed by atoms with Crippen LogP contribution in [0.4, 0.5) is 0 Å². The van der Waals surface area contributed by atoms with Crippen LogP contribution >= 0.6 is 0 Å². The lowest BCUT2D eigenvalue weighted by molar-refractivity contribution is 0.0995. The molecule has 0 aliphatic carbocycles. The van der Waals surface area contributed by atoms with Gasteiger partial charge in [-0.15, -0.1) is 0 Å². The lowest BCUT2D eigenvalue weighted by Gasteiger charge is -2.08. The average molecular weight is 348 g/mol. The van der Waals surface area contributed by atoms with Gasteiger partial charge in [-0.25, -0.2) is 9.97 Å². The van der Waals surface area contributed by atoms with E-state index in [0.29, 0.717) is 6.42 Å². The predicted octanol–water partition coefficient (Wildman–Crippen LogP) is 5.36. The van der Waals surface area contributed by atoms with E-state index in [0.717, 1.165) is 44.0 Å². The molecule has 0 fully saturated rings. The highest BCUT2D eigenvalue weighted by Crippen LogP contribution is 2.23. The zero-order valence-corrected chi connectivity index (χ0v) is 14.6. The number of para-hydroxylation sites is 3. The molecule has 0 N–H and O–H groups in total. The highest BCUT2D eigenvalue weighted by Gasteiger charge is 2.14. The Kier molecular flexibility index (Phi) is 3.65. The van der Waals surface area contributed by atoms with Crippen LogP contribution < -0.4 is 0 Å². The quantitative estimate of drug-likeness (QED) is 0.325. The first kappa shape index (κ1) is 15.6. The topological polar surface area (TPSA) is 42.9 Å². The molecule has 0 aliphatic rings. The Morgan fingerprint density at radius 1 is 0.667 bits per heavy atom. The molecular formula is C24H16N2O. The van der Waals surface area contributed by atoms with Crippen LogP contribution in [0.2, 0.25) is 0 Å². The number of hydrogen-bond acceptors (Lipinski definition) is 3. The largest absolute Gasteiger partial charge is 0.294 e. The fourth-order valence-corrected chi connectivity index (χ4v) is 3.58. The first-order valence-electron chi connectivity index (χ1n) is 8.95. The van der Waals surface area contributed by atoms with Crippen LogP contribution in [0.3, 0.4) is 0 Å². The van der Waals surface area contributed by atoms with E-state index in [1.807, 2.05) is 84.9 Å². The summed E-state index contributed by atoms with van der Waals surface area (Å²) in [4.78, 5) is 22.6. The molecule has 5 rings (SSSR count). The zero-order valence-electron chi connectivity index (χ0n) is 14.6. The van der Waals surface area contributed by atoms with Gasteiger partial charge in [-0.05, 0) is 34.5 Å². The van der Waals surface area contributed by atoms with Crippen LogP contribution in [0.15, 0.2) is 84.9 Å². The van der Waals surface area contributed by atoms with Gasteiger partial charge in [-0.2, -0.15) is 0 Å². The Labute approximate surface area is 156 Å². The normalized spacial score (nSPS) is 11.3. The first-order valence-corrected chi connectivity index (χ1v) is 8.95. The van der Waals surface area contributed by atoms with E-state index in [1.54, 1.807) is 0 Å². The summed E-state index contributed by atoms with van der Waals surface area (Å²) >= 11 is 0. The molecule has 5 aromatic rings. The molecule has 0 unspecified atom stereocenters. The van der Waals surface area contributed by atoms with Gasteiger partial charge in [0.15, 0.2) is 5.78 Å². The Hall–Kier alpha value is -3.59. The second-order valence-electron chi connectivity index (χ2n) is 6.62. The fourth-order valence-electron chi connectivity index (χ4n) is 3.58. The van der Waals surface area contributed by atoms with Gasteiger partial charge in [0, 0.05) is 12.0 Å². The molecule has 0 amide bonds. The third-order valence-electron chi connectivity index (χ3n) is 4.89. The number of carbonyl (C=O) groups is 1. The molecule has 128 valence electrons. The van der Waals surface area contributed by atoms with E-state index in [4.69, 9.17) is 9.97 Å². The summed E-state index contributed by atoms with van der Waals surface area (Å²) in [6, 6.07) is 27.5. The number of carbonyl (C=O) groups excluding carboxylic acids is 1. The van der Waals surface area contributed by atoms with Crippen molar-refractivity contribution in [1.29, 1.82) is 0 Å². The number of hydrogen-bond donors (Lipinski definition) is 0. The van der Waals surface area contributed by atoms with Crippen molar-refractivity contribution < 1.29 is 4.79 Å². The van der Waals surface area contributed by atoms with Crippen molar-refractivity contribution in [2.75, 3.05) is 0 Å². The lowest BCUT2D eigenvalue weighted by Crippen LogP contribution is -2.05. The molecule has 3 heteroatoms. The van der Waals surface area contributed by atoms with E-state index in [1.165, 1.54) is 0 Å². The van der Waals surface area contributed by atoms with Crippen LogP contribution in [0, 0.1) is 0 Å². The maximum Gasteiger partial charge on any atom is 0.167 e. The number of nitrogens with zero attached hydrogens (tertiary/aromatic N) is 2. The van der Waals surface area contributed by atoms with Crippen LogP contribution in [0.1, 0.15) is 15.9 Å². The van der Waals surface area contributed by atoms with Crippen LogP contribution in [-0.2, 0) is 6.42 Å². The highest BCUT2D eigenvalue weighted by molar-refractivity contribution is 6.09. The summed E-state index contributed by atoms with van der Waals surface area (Å²) in [7, 11) is 0. The molecule has 0 spiro atoms. The second kappa shape index (κ2) is 6.29. The van der Waals surface area contributed by atoms with E-state index >= 15 is 0 Å². The number of rotatable bonds is 3. The minimum atomic E-state index is 0.0919. The molecule has 0 bridgehead atoms. The maximum absolute atomic E-state index is 13.1. The molecule has 4 aromatic carbocycles. The molecule has 0 atom stereocenters. The van der Waals surface area contributed by atoms with Gasteiger partial charge >= 0.3 is 0 Å². The van der Waals surface area contributed by atoms with Crippen LogP contribution in [0.5, 0.6) is 0 Å². The molecule has 0 aliphatic heterocycles. The molecule has 3 nitrogen and oxygen atoms in total. The maximum atomic E-state index is 13.1. The highest BCUT2D eigenvalue weighted by atomic mass is 16.1. The van der Waals surface area contributed by atoms with Gasteiger partial charge in [0.05, 0.1) is 22.1 Å². The molecule has 1 heterocycles. The summed E-state index contributed by atoms with van der Waals surface area (Å²) in [5, 5.41) is 2.06. The summed E-state index contributed by atoms with van der Waals surface area (Å²) in [6.45, 7) is 0. The monoisotopic (exact) mass is 348 g/mol. The van der Waals surface area contributed by atoms with Gasteiger partial charge in [-0.3, -0.25) is 4.79 Å². The summed E-state index contributed by atoms with van der Waals surface area (Å²) in [6.07, 6.45) is 0.304. The molecule has 0 radical (unpaired) electrons. The minimum Gasteiger partial charge on any atom is -0.294 e. The summed E-state index contributed by atoms with van der Waals surface area (Å²) in [5.41, 5.74) is 4.97. The number of benzene rings is 4. The number of ketones is 1. The van der Waals surface area contributed by atoms with E-state index in [9.17, 15) is 4.79 Å².